The Kier molecular flexibility index (Phi) is 4.33. The number of hydrogen-bond acceptors (Lipinski definition) is 2. The first kappa shape index (κ1) is 12.2. The average Bonchev–Trinajstić information content (AvgIpc) is 2.18. The van der Waals surface area contributed by atoms with Gasteiger partial charge in [0.1, 0.15) is 0 Å². The smallest absolute Gasteiger partial charge is 0.223 e. The maximum atomic E-state index is 11.9. The van der Waals surface area contributed by atoms with Gasteiger partial charge in [-0.05, 0) is 39.5 Å². The molecule has 2 N–H and O–H groups in total. The number of allylic oxidation sites excluding steroid dienone is 2. The second kappa shape index (κ2) is 5.31. The van der Waals surface area contributed by atoms with E-state index in [4.69, 9.17) is 5.11 Å². The predicted molar refractivity (Wildman–Crippen MR) is 60.4 cm³/mol. The van der Waals surface area contributed by atoms with Crippen LogP contribution in [-0.2, 0) is 4.79 Å². The Morgan fingerprint density at radius 2 is 2.27 bits per heavy atom. The zero-order valence-electron chi connectivity index (χ0n) is 9.62. The number of rotatable bonds is 4. The van der Waals surface area contributed by atoms with Gasteiger partial charge >= 0.3 is 0 Å². The van der Waals surface area contributed by atoms with Crippen LogP contribution in [0.1, 0.15) is 39.5 Å². The summed E-state index contributed by atoms with van der Waals surface area (Å²) in [6.45, 7) is 4.00. The van der Waals surface area contributed by atoms with Crippen molar-refractivity contribution in [3.8, 4) is 0 Å². The van der Waals surface area contributed by atoms with Crippen LogP contribution in [0.25, 0.3) is 0 Å². The number of hydrogen-bond donors (Lipinski definition) is 2. The second-order valence-electron chi connectivity index (χ2n) is 4.83. The molecule has 0 radical (unpaired) electrons. The van der Waals surface area contributed by atoms with Crippen molar-refractivity contribution in [3.05, 3.63) is 12.2 Å². The zero-order chi connectivity index (χ0) is 11.3. The lowest BCUT2D eigenvalue weighted by atomic mass is 9.92. The Morgan fingerprint density at radius 3 is 2.80 bits per heavy atom. The van der Waals surface area contributed by atoms with E-state index in [9.17, 15) is 4.79 Å². The van der Waals surface area contributed by atoms with Gasteiger partial charge in [-0.15, -0.1) is 0 Å². The van der Waals surface area contributed by atoms with E-state index in [1.807, 2.05) is 13.8 Å². The van der Waals surface area contributed by atoms with Crippen molar-refractivity contribution in [2.45, 2.75) is 45.1 Å². The third kappa shape index (κ3) is 4.04. The lowest BCUT2D eigenvalue weighted by Crippen LogP contribution is -2.46. The number of carbonyl (C=O) groups excluding carboxylic acids is 1. The van der Waals surface area contributed by atoms with Crippen LogP contribution in [-0.4, -0.2) is 23.2 Å². The molecule has 0 bridgehead atoms. The molecule has 1 rings (SSSR count). The molecule has 1 aliphatic rings. The molecule has 0 aromatic rings. The zero-order valence-corrected chi connectivity index (χ0v) is 9.62. The molecule has 1 amide bonds. The first-order chi connectivity index (χ1) is 7.05. The van der Waals surface area contributed by atoms with Gasteiger partial charge in [0, 0.05) is 18.1 Å². The number of amides is 1. The first-order valence-corrected chi connectivity index (χ1v) is 5.63. The van der Waals surface area contributed by atoms with Crippen LogP contribution in [0.3, 0.4) is 0 Å². The molecule has 1 unspecified atom stereocenters. The molecule has 3 nitrogen and oxygen atoms in total. The van der Waals surface area contributed by atoms with Crippen LogP contribution < -0.4 is 5.32 Å². The summed E-state index contributed by atoms with van der Waals surface area (Å²) < 4.78 is 0. The molecule has 86 valence electrons. The maximum Gasteiger partial charge on any atom is 0.223 e. The molecular weight excluding hydrogens is 190 g/mol. The van der Waals surface area contributed by atoms with Crippen molar-refractivity contribution in [3.63, 3.8) is 0 Å². The molecule has 0 aromatic heterocycles. The largest absolute Gasteiger partial charge is 0.396 e. The fourth-order valence-electron chi connectivity index (χ4n) is 1.81. The highest BCUT2D eigenvalue weighted by molar-refractivity contribution is 5.79. The molecule has 1 aliphatic carbocycles. The Labute approximate surface area is 91.6 Å². The molecule has 0 saturated heterocycles. The lowest BCUT2D eigenvalue weighted by molar-refractivity contribution is -0.127. The lowest BCUT2D eigenvalue weighted by Gasteiger charge is -2.28. The summed E-state index contributed by atoms with van der Waals surface area (Å²) in [6.07, 6.45) is 7.59. The van der Waals surface area contributed by atoms with E-state index in [1.54, 1.807) is 0 Å². The third-order valence-electron chi connectivity index (χ3n) is 2.84. The van der Waals surface area contributed by atoms with Gasteiger partial charge in [0.15, 0.2) is 0 Å². The maximum absolute atomic E-state index is 11.9. The van der Waals surface area contributed by atoms with Gasteiger partial charge in [0.05, 0.1) is 0 Å². The Balaban J connectivity index is 2.43. The highest BCUT2D eigenvalue weighted by Gasteiger charge is 2.25. The summed E-state index contributed by atoms with van der Waals surface area (Å²) in [6, 6.07) is 0. The minimum atomic E-state index is -0.299. The van der Waals surface area contributed by atoms with Crippen LogP contribution in [0.5, 0.6) is 0 Å². The van der Waals surface area contributed by atoms with E-state index < -0.39 is 0 Å². The Hall–Kier alpha value is -0.830. The van der Waals surface area contributed by atoms with E-state index in [0.29, 0.717) is 6.42 Å². The van der Waals surface area contributed by atoms with E-state index in [0.717, 1.165) is 19.3 Å². The number of nitrogens with one attached hydrogen (secondary N) is 1. The fourth-order valence-corrected chi connectivity index (χ4v) is 1.81. The van der Waals surface area contributed by atoms with Crippen LogP contribution in [0, 0.1) is 5.92 Å². The van der Waals surface area contributed by atoms with Crippen molar-refractivity contribution in [1.82, 2.24) is 5.32 Å². The van der Waals surface area contributed by atoms with Crippen molar-refractivity contribution in [2.75, 3.05) is 6.61 Å². The van der Waals surface area contributed by atoms with E-state index >= 15 is 0 Å². The van der Waals surface area contributed by atoms with Gasteiger partial charge in [-0.3, -0.25) is 4.79 Å². The molecule has 0 saturated carbocycles. The van der Waals surface area contributed by atoms with Gasteiger partial charge in [0.25, 0.3) is 0 Å². The molecule has 0 aromatic carbocycles. The number of carbonyl (C=O) groups is 1. The molecule has 0 fully saturated rings. The topological polar surface area (TPSA) is 49.3 Å². The summed E-state index contributed by atoms with van der Waals surface area (Å²) in [5.74, 6) is 0.241. The van der Waals surface area contributed by atoms with Crippen LogP contribution >= 0.6 is 0 Å². The number of aliphatic hydroxyl groups is 1. The van der Waals surface area contributed by atoms with Crippen molar-refractivity contribution < 1.29 is 9.90 Å². The molecule has 0 aliphatic heterocycles. The summed E-state index contributed by atoms with van der Waals surface area (Å²) in [5.41, 5.74) is -0.299. The monoisotopic (exact) mass is 211 g/mol. The fraction of sp³-hybridized carbons (Fsp3) is 0.750. The minimum absolute atomic E-state index is 0.109. The van der Waals surface area contributed by atoms with E-state index in [-0.39, 0.29) is 24.0 Å². The van der Waals surface area contributed by atoms with Gasteiger partial charge in [0.2, 0.25) is 5.91 Å². The Bertz CT molecular complexity index is 246. The predicted octanol–water partition coefficient (Wildman–Crippen LogP) is 1.62. The highest BCUT2D eigenvalue weighted by atomic mass is 16.3. The van der Waals surface area contributed by atoms with Crippen LogP contribution in [0.4, 0.5) is 0 Å². The molecule has 0 spiro atoms. The second-order valence-corrected chi connectivity index (χ2v) is 4.83. The molecule has 0 heterocycles. The summed E-state index contributed by atoms with van der Waals surface area (Å²) in [7, 11) is 0. The average molecular weight is 211 g/mol. The molecule has 3 heteroatoms. The van der Waals surface area contributed by atoms with Crippen LogP contribution in [0.2, 0.25) is 0 Å². The van der Waals surface area contributed by atoms with E-state index in [2.05, 4.69) is 17.5 Å². The summed E-state index contributed by atoms with van der Waals surface area (Å²) in [5, 5.41) is 11.9. The molecule has 15 heavy (non-hydrogen) atoms. The summed E-state index contributed by atoms with van der Waals surface area (Å²) in [4.78, 5) is 11.9. The normalized spacial score (nSPS) is 21.4. The Morgan fingerprint density at radius 1 is 1.53 bits per heavy atom. The minimum Gasteiger partial charge on any atom is -0.396 e. The standard InChI is InChI=1S/C12H21NO2/c1-12(2,8-9-14)13-11(15)10-6-4-3-5-7-10/h3-4,10,14H,5-9H2,1-2H3,(H,13,15). The third-order valence-corrected chi connectivity index (χ3v) is 2.84. The SMILES string of the molecule is CC(C)(CCO)NC(=O)C1CC=CCC1. The first-order valence-electron chi connectivity index (χ1n) is 5.63. The molecule has 1 atom stereocenters. The van der Waals surface area contributed by atoms with Crippen LogP contribution in [0.15, 0.2) is 12.2 Å². The quantitative estimate of drug-likeness (QED) is 0.694. The van der Waals surface area contributed by atoms with Crippen molar-refractivity contribution in [2.24, 2.45) is 5.92 Å². The van der Waals surface area contributed by atoms with E-state index in [1.165, 1.54) is 0 Å². The van der Waals surface area contributed by atoms with Gasteiger partial charge < -0.3 is 10.4 Å². The molecular formula is C12H21NO2. The highest BCUT2D eigenvalue weighted by Crippen LogP contribution is 2.19. The van der Waals surface area contributed by atoms with Gasteiger partial charge in [-0.25, -0.2) is 0 Å². The summed E-state index contributed by atoms with van der Waals surface area (Å²) >= 11 is 0. The van der Waals surface area contributed by atoms with Gasteiger partial charge in [-0.2, -0.15) is 0 Å². The van der Waals surface area contributed by atoms with Crippen molar-refractivity contribution in [1.29, 1.82) is 0 Å². The van der Waals surface area contributed by atoms with Crippen molar-refractivity contribution >= 4 is 5.91 Å². The number of aliphatic hydroxyl groups excluding tert-OH is 1. The van der Waals surface area contributed by atoms with Gasteiger partial charge in [-0.1, -0.05) is 12.2 Å².